The topological polar surface area (TPSA) is 3.24 Å². The summed E-state index contributed by atoms with van der Waals surface area (Å²) < 4.78 is 0. The van der Waals surface area contributed by atoms with Gasteiger partial charge in [0.25, 0.3) is 0 Å². The normalized spacial score (nSPS) is 13.4. The number of hydrogen-bond donors (Lipinski definition) is 0. The Balaban J connectivity index is 1.09. The van der Waals surface area contributed by atoms with Gasteiger partial charge in [0, 0.05) is 16.9 Å². The first kappa shape index (κ1) is 42.6. The van der Waals surface area contributed by atoms with Crippen molar-refractivity contribution >= 4 is 27.8 Å². The molecule has 2 aliphatic rings. The van der Waals surface area contributed by atoms with Gasteiger partial charge in [-0.2, -0.15) is 0 Å². The van der Waals surface area contributed by atoms with E-state index < -0.39 is 10.8 Å². The molecule has 0 unspecified atom stereocenters. The third-order valence-corrected chi connectivity index (χ3v) is 15.8. The standard InChI is InChI=1S/C72H49N/c1-6-24-51(25-7-1)70-60(53-42-41-50-23-16-17-26-52(50)47-53)37-22-40-69(70)73(58-43-45-63-61-35-18-20-38-65(61)71(67(63)48-58,54-27-8-2-9-28-54)55-29-10-3-11-30-55)59-44-46-64-62-36-19-21-39-66(62)72(68(64)49-59,56-31-12-4-13-32-56)57-33-14-5-15-34-57/h1-49H. The van der Waals surface area contributed by atoms with Crippen LogP contribution in [0.25, 0.3) is 55.3 Å². The highest BCUT2D eigenvalue weighted by molar-refractivity contribution is 6.00. The number of nitrogens with zero attached hydrogens (tertiary/aromatic N) is 1. The Morgan fingerprint density at radius 1 is 0.233 bits per heavy atom. The molecule has 1 nitrogen and oxygen atoms in total. The summed E-state index contributed by atoms with van der Waals surface area (Å²) in [7, 11) is 0. The van der Waals surface area contributed by atoms with Crippen molar-refractivity contribution in [3.63, 3.8) is 0 Å². The van der Waals surface area contributed by atoms with E-state index in [9.17, 15) is 0 Å². The average molecular weight is 928 g/mol. The molecule has 0 atom stereocenters. The molecule has 73 heavy (non-hydrogen) atoms. The zero-order chi connectivity index (χ0) is 48.3. The van der Waals surface area contributed by atoms with Gasteiger partial charge in [-0.05, 0) is 131 Å². The fourth-order valence-electron chi connectivity index (χ4n) is 12.8. The Hall–Kier alpha value is -9.30. The van der Waals surface area contributed by atoms with E-state index in [-0.39, 0.29) is 0 Å². The summed E-state index contributed by atoms with van der Waals surface area (Å²) in [6.45, 7) is 0. The minimum absolute atomic E-state index is 0.583. The number of anilines is 3. The van der Waals surface area contributed by atoms with Crippen LogP contribution < -0.4 is 4.90 Å². The van der Waals surface area contributed by atoms with Crippen LogP contribution >= 0.6 is 0 Å². The fraction of sp³-hybridized carbons (Fsp3) is 0.0278. The molecule has 12 aromatic rings. The maximum atomic E-state index is 2.56. The molecule has 0 spiro atoms. The molecule has 12 aromatic carbocycles. The summed E-state index contributed by atoms with van der Waals surface area (Å²) in [5.74, 6) is 0. The Labute approximate surface area is 427 Å². The second-order valence-electron chi connectivity index (χ2n) is 19.5. The Morgan fingerprint density at radius 3 is 1.12 bits per heavy atom. The first-order chi connectivity index (χ1) is 36.2. The van der Waals surface area contributed by atoms with E-state index in [1.54, 1.807) is 0 Å². The van der Waals surface area contributed by atoms with Gasteiger partial charge in [-0.1, -0.05) is 261 Å². The molecule has 0 fully saturated rings. The molecule has 0 amide bonds. The fourth-order valence-corrected chi connectivity index (χ4v) is 12.8. The van der Waals surface area contributed by atoms with Crippen molar-refractivity contribution < 1.29 is 0 Å². The Kier molecular flexibility index (Phi) is 10.0. The molecule has 0 bridgehead atoms. The average Bonchev–Trinajstić information content (AvgIpc) is 3.94. The number of benzene rings is 12. The molecule has 0 saturated carbocycles. The molecular formula is C72H49N. The van der Waals surface area contributed by atoms with Gasteiger partial charge < -0.3 is 4.90 Å². The molecule has 0 aromatic heterocycles. The first-order valence-corrected chi connectivity index (χ1v) is 25.4. The van der Waals surface area contributed by atoms with Crippen molar-refractivity contribution in [3.05, 3.63) is 342 Å². The molecule has 0 heterocycles. The second kappa shape index (κ2) is 17.2. The van der Waals surface area contributed by atoms with Crippen molar-refractivity contribution in [1.82, 2.24) is 0 Å². The first-order valence-electron chi connectivity index (χ1n) is 25.4. The van der Waals surface area contributed by atoms with E-state index in [1.807, 2.05) is 0 Å². The third-order valence-electron chi connectivity index (χ3n) is 15.8. The quantitative estimate of drug-likeness (QED) is 0.139. The van der Waals surface area contributed by atoms with Crippen molar-refractivity contribution in [3.8, 4) is 44.5 Å². The lowest BCUT2D eigenvalue weighted by Crippen LogP contribution is -2.29. The van der Waals surface area contributed by atoms with Gasteiger partial charge >= 0.3 is 0 Å². The van der Waals surface area contributed by atoms with Gasteiger partial charge in [0.15, 0.2) is 0 Å². The molecule has 0 N–H and O–H groups in total. The van der Waals surface area contributed by atoms with Crippen molar-refractivity contribution in [2.24, 2.45) is 0 Å². The van der Waals surface area contributed by atoms with Gasteiger partial charge in [-0.25, -0.2) is 0 Å². The van der Waals surface area contributed by atoms with Crippen LogP contribution in [0.1, 0.15) is 44.5 Å². The summed E-state index contributed by atoms with van der Waals surface area (Å²) in [4.78, 5) is 2.56. The zero-order valence-electron chi connectivity index (χ0n) is 40.2. The highest BCUT2D eigenvalue weighted by Crippen LogP contribution is 2.60. The van der Waals surface area contributed by atoms with Crippen LogP contribution in [0.4, 0.5) is 17.1 Å². The van der Waals surface area contributed by atoms with Crippen LogP contribution in [0.3, 0.4) is 0 Å². The molecule has 2 aliphatic carbocycles. The number of hydrogen-bond acceptors (Lipinski definition) is 1. The lowest BCUT2D eigenvalue weighted by molar-refractivity contribution is 0.767. The molecule has 14 rings (SSSR count). The van der Waals surface area contributed by atoms with Crippen LogP contribution in [0, 0.1) is 0 Å². The molecule has 0 aliphatic heterocycles. The predicted molar refractivity (Wildman–Crippen MR) is 304 cm³/mol. The van der Waals surface area contributed by atoms with Crippen LogP contribution in [0.2, 0.25) is 0 Å². The Bertz CT molecular complexity index is 3750. The van der Waals surface area contributed by atoms with Crippen LogP contribution in [-0.4, -0.2) is 0 Å². The monoisotopic (exact) mass is 927 g/mol. The van der Waals surface area contributed by atoms with Gasteiger partial charge in [0.05, 0.1) is 16.5 Å². The van der Waals surface area contributed by atoms with Crippen LogP contribution in [0.5, 0.6) is 0 Å². The molecule has 342 valence electrons. The number of rotatable bonds is 9. The smallest absolute Gasteiger partial charge is 0.0714 e. The van der Waals surface area contributed by atoms with E-state index >= 15 is 0 Å². The maximum absolute atomic E-state index is 2.56. The summed E-state index contributed by atoms with van der Waals surface area (Å²) >= 11 is 0. The second-order valence-corrected chi connectivity index (χ2v) is 19.5. The Morgan fingerprint density at radius 2 is 0.630 bits per heavy atom. The molecule has 0 radical (unpaired) electrons. The number of fused-ring (bicyclic) bond motifs is 7. The maximum Gasteiger partial charge on any atom is 0.0714 e. The largest absolute Gasteiger partial charge is 0.310 e. The highest BCUT2D eigenvalue weighted by atomic mass is 15.1. The third kappa shape index (κ3) is 6.49. The van der Waals surface area contributed by atoms with Gasteiger partial charge in [0.1, 0.15) is 0 Å². The van der Waals surface area contributed by atoms with E-state index in [4.69, 9.17) is 0 Å². The van der Waals surface area contributed by atoms with Crippen molar-refractivity contribution in [2.45, 2.75) is 10.8 Å². The lowest BCUT2D eigenvalue weighted by atomic mass is 9.67. The van der Waals surface area contributed by atoms with E-state index in [2.05, 4.69) is 302 Å². The molecule has 1 heteroatoms. The minimum Gasteiger partial charge on any atom is -0.310 e. The summed E-state index contributed by atoms with van der Waals surface area (Å²) in [6, 6.07) is 111. The predicted octanol–water partition coefficient (Wildman–Crippen LogP) is 18.4. The van der Waals surface area contributed by atoms with E-state index in [0.29, 0.717) is 0 Å². The van der Waals surface area contributed by atoms with Crippen LogP contribution in [-0.2, 0) is 10.8 Å². The van der Waals surface area contributed by atoms with E-state index in [1.165, 1.54) is 94.2 Å². The molecular weight excluding hydrogens is 879 g/mol. The summed E-state index contributed by atoms with van der Waals surface area (Å²) in [6.07, 6.45) is 0. The highest BCUT2D eigenvalue weighted by Gasteiger charge is 2.48. The van der Waals surface area contributed by atoms with Crippen molar-refractivity contribution in [1.29, 1.82) is 0 Å². The lowest BCUT2D eigenvalue weighted by Gasteiger charge is -2.36. The van der Waals surface area contributed by atoms with E-state index in [0.717, 1.165) is 22.6 Å². The summed E-state index contributed by atoms with van der Waals surface area (Å²) in [5, 5.41) is 2.44. The van der Waals surface area contributed by atoms with Crippen LogP contribution in [0.15, 0.2) is 297 Å². The SMILES string of the molecule is c1ccc(-c2c(-c3ccc4ccccc4c3)cccc2N(c2ccc3c(c2)C(c2ccccc2)(c2ccccc2)c2ccccc2-3)c2ccc3c(c2)C(c2ccccc2)(c2ccccc2)c2ccccc2-3)cc1. The van der Waals surface area contributed by atoms with Gasteiger partial charge in [0.2, 0.25) is 0 Å². The summed E-state index contributed by atoms with van der Waals surface area (Å²) in [5.41, 5.74) is 21.8. The zero-order valence-corrected chi connectivity index (χ0v) is 40.2. The molecule has 0 saturated heterocycles. The van der Waals surface area contributed by atoms with Crippen molar-refractivity contribution in [2.75, 3.05) is 4.90 Å². The van der Waals surface area contributed by atoms with Gasteiger partial charge in [-0.15, -0.1) is 0 Å². The van der Waals surface area contributed by atoms with Gasteiger partial charge in [-0.3, -0.25) is 0 Å². The minimum atomic E-state index is -0.583.